The van der Waals surface area contributed by atoms with Crippen LogP contribution in [0.1, 0.15) is 58.6 Å². The second-order valence-electron chi connectivity index (χ2n) is 8.77. The lowest BCUT2D eigenvalue weighted by Crippen LogP contribution is -2.41. The van der Waals surface area contributed by atoms with Crippen molar-refractivity contribution in [2.75, 3.05) is 0 Å². The van der Waals surface area contributed by atoms with Gasteiger partial charge in [0.1, 0.15) is 11.2 Å². The Balaban J connectivity index is 2.54. The maximum atomic E-state index is 13.1. The molecule has 0 aliphatic carbocycles. The molecule has 0 bridgehead atoms. The number of ketones is 1. The molecule has 0 saturated carbocycles. The summed E-state index contributed by atoms with van der Waals surface area (Å²) >= 11 is 1.24. The standard InChI is InChI=1S/C24H32N2O3S/c1-7-9-17(3)25-21(28)15-26-22(14-20(27)24(4,5)6)30-19(23(26)29)13-18-11-8-10-16(2)12-18/h8,10-14,17H,7,9,15H2,1-6H3,(H,25,28)/b19-13+,22-14-/t17-/m1/s1. The monoisotopic (exact) mass is 428 g/mol. The van der Waals surface area contributed by atoms with Crippen LogP contribution in [0.4, 0.5) is 0 Å². The highest BCUT2D eigenvalue weighted by Crippen LogP contribution is 2.14. The quantitative estimate of drug-likeness (QED) is 0.737. The fourth-order valence-corrected chi connectivity index (χ4v) is 4.04. The lowest BCUT2D eigenvalue weighted by Gasteiger charge is -2.14. The van der Waals surface area contributed by atoms with Gasteiger partial charge < -0.3 is 5.32 Å². The molecule has 0 unspecified atom stereocenters. The minimum absolute atomic E-state index is 0.0406. The Kier molecular flexibility index (Phi) is 7.96. The van der Waals surface area contributed by atoms with Gasteiger partial charge in [0, 0.05) is 17.5 Å². The molecule has 1 aromatic heterocycles. The molecular weight excluding hydrogens is 396 g/mol. The van der Waals surface area contributed by atoms with E-state index in [2.05, 4.69) is 12.2 Å². The molecule has 162 valence electrons. The van der Waals surface area contributed by atoms with Gasteiger partial charge in [-0.2, -0.15) is 0 Å². The molecule has 0 aliphatic heterocycles. The average molecular weight is 429 g/mol. The summed E-state index contributed by atoms with van der Waals surface area (Å²) in [6.45, 7) is 11.4. The highest BCUT2D eigenvalue weighted by atomic mass is 32.1. The molecule has 5 nitrogen and oxygen atoms in total. The number of hydrogen-bond donors (Lipinski definition) is 1. The van der Waals surface area contributed by atoms with Crippen molar-refractivity contribution in [3.63, 3.8) is 0 Å². The van der Waals surface area contributed by atoms with Gasteiger partial charge in [-0.3, -0.25) is 19.0 Å². The van der Waals surface area contributed by atoms with E-state index in [0.717, 1.165) is 24.0 Å². The summed E-state index contributed by atoms with van der Waals surface area (Å²) in [6.07, 6.45) is 5.14. The molecule has 0 radical (unpaired) electrons. The number of rotatable bonds is 7. The number of carbonyl (C=O) groups is 2. The third kappa shape index (κ3) is 6.52. The number of nitrogens with one attached hydrogen (secondary N) is 1. The minimum atomic E-state index is -0.566. The molecule has 0 spiro atoms. The molecule has 0 aliphatic rings. The van der Waals surface area contributed by atoms with Crippen molar-refractivity contribution in [3.05, 3.63) is 54.9 Å². The van der Waals surface area contributed by atoms with Gasteiger partial charge in [-0.1, -0.05) is 63.9 Å². The Hall–Kier alpha value is -2.47. The molecule has 2 aromatic rings. The van der Waals surface area contributed by atoms with Gasteiger partial charge in [0.25, 0.3) is 5.56 Å². The summed E-state index contributed by atoms with van der Waals surface area (Å²) in [6, 6.07) is 7.89. The summed E-state index contributed by atoms with van der Waals surface area (Å²) < 4.78 is 2.41. The van der Waals surface area contributed by atoms with Crippen LogP contribution in [0.2, 0.25) is 0 Å². The third-order valence-electron chi connectivity index (χ3n) is 4.70. The normalized spacial score (nSPS) is 14.1. The highest BCUT2D eigenvalue weighted by Gasteiger charge is 2.20. The van der Waals surface area contributed by atoms with Gasteiger partial charge in [-0.25, -0.2) is 0 Å². The van der Waals surface area contributed by atoms with Gasteiger partial charge in [-0.15, -0.1) is 11.3 Å². The molecule has 2 rings (SSSR count). The Bertz CT molecular complexity index is 1090. The third-order valence-corrected chi connectivity index (χ3v) is 5.76. The Morgan fingerprint density at radius 2 is 1.97 bits per heavy atom. The van der Waals surface area contributed by atoms with Crippen LogP contribution in [0.3, 0.4) is 0 Å². The second-order valence-corrected chi connectivity index (χ2v) is 9.83. The van der Waals surface area contributed by atoms with E-state index in [-0.39, 0.29) is 29.8 Å². The number of hydrogen-bond acceptors (Lipinski definition) is 4. The number of Topliss-reactive ketones (excluding diaryl/α,β-unsaturated/α-hetero) is 1. The van der Waals surface area contributed by atoms with E-state index in [1.54, 1.807) is 0 Å². The Labute approximate surface area is 182 Å². The molecule has 1 N–H and O–H groups in total. The number of carbonyl (C=O) groups excluding carboxylic acids is 2. The molecule has 6 heteroatoms. The fourth-order valence-electron chi connectivity index (χ4n) is 3.00. The maximum absolute atomic E-state index is 13.1. The van der Waals surface area contributed by atoms with E-state index < -0.39 is 5.41 Å². The van der Waals surface area contributed by atoms with Crippen molar-refractivity contribution in [2.24, 2.45) is 5.41 Å². The van der Waals surface area contributed by atoms with Crippen LogP contribution in [0.25, 0.3) is 12.2 Å². The first-order valence-corrected chi connectivity index (χ1v) is 11.2. The van der Waals surface area contributed by atoms with E-state index >= 15 is 0 Å². The predicted octanol–water partition coefficient (Wildman–Crippen LogP) is 2.75. The predicted molar refractivity (Wildman–Crippen MR) is 124 cm³/mol. The molecule has 0 saturated heterocycles. The van der Waals surface area contributed by atoms with Crippen LogP contribution in [0, 0.1) is 12.3 Å². The maximum Gasteiger partial charge on any atom is 0.269 e. The van der Waals surface area contributed by atoms with Crippen LogP contribution in [-0.4, -0.2) is 22.3 Å². The van der Waals surface area contributed by atoms with Gasteiger partial charge in [-0.05, 0) is 31.9 Å². The first-order valence-electron chi connectivity index (χ1n) is 10.3. The number of amides is 1. The number of thiazole rings is 1. The molecule has 1 atom stereocenters. The van der Waals surface area contributed by atoms with Gasteiger partial charge in [0.05, 0.1) is 4.53 Å². The smallest absolute Gasteiger partial charge is 0.269 e. The van der Waals surface area contributed by atoms with Crippen molar-refractivity contribution in [2.45, 2.75) is 67.0 Å². The molecule has 1 heterocycles. The first-order chi connectivity index (χ1) is 14.0. The summed E-state index contributed by atoms with van der Waals surface area (Å²) in [7, 11) is 0. The topological polar surface area (TPSA) is 68.2 Å². The zero-order chi connectivity index (χ0) is 22.5. The van der Waals surface area contributed by atoms with Crippen molar-refractivity contribution < 1.29 is 9.59 Å². The summed E-state index contributed by atoms with van der Waals surface area (Å²) in [5.41, 5.74) is 1.19. The van der Waals surface area contributed by atoms with E-state index in [9.17, 15) is 14.4 Å². The van der Waals surface area contributed by atoms with Crippen molar-refractivity contribution in [1.82, 2.24) is 9.88 Å². The van der Waals surface area contributed by atoms with Crippen LogP contribution >= 0.6 is 11.3 Å². The summed E-state index contributed by atoms with van der Waals surface area (Å²) in [4.78, 5) is 38.2. The summed E-state index contributed by atoms with van der Waals surface area (Å²) in [5.74, 6) is -0.310. The molecule has 30 heavy (non-hydrogen) atoms. The number of nitrogens with zero attached hydrogens (tertiary/aromatic N) is 1. The van der Waals surface area contributed by atoms with Gasteiger partial charge in [0.15, 0.2) is 5.78 Å². The Morgan fingerprint density at radius 3 is 2.57 bits per heavy atom. The van der Waals surface area contributed by atoms with Crippen molar-refractivity contribution in [1.29, 1.82) is 0 Å². The van der Waals surface area contributed by atoms with Crippen LogP contribution in [0.15, 0.2) is 29.1 Å². The molecular formula is C24H32N2O3S. The van der Waals surface area contributed by atoms with Crippen molar-refractivity contribution in [3.8, 4) is 0 Å². The fraction of sp³-hybridized carbons (Fsp3) is 0.458. The van der Waals surface area contributed by atoms with E-state index in [4.69, 9.17) is 0 Å². The zero-order valence-electron chi connectivity index (χ0n) is 18.7. The SMILES string of the molecule is CCC[C@@H](C)NC(=O)Cn1c(=O)/c(=C\c2cccc(C)c2)s/c1=C\C(=O)C(C)(C)C. The van der Waals surface area contributed by atoms with E-state index in [1.807, 2.05) is 65.0 Å². The van der Waals surface area contributed by atoms with E-state index in [0.29, 0.717) is 9.20 Å². The van der Waals surface area contributed by atoms with Gasteiger partial charge >= 0.3 is 0 Å². The van der Waals surface area contributed by atoms with E-state index in [1.165, 1.54) is 22.0 Å². The number of aryl methyl sites for hydroxylation is 1. The average Bonchev–Trinajstić information content (AvgIpc) is 2.89. The molecule has 1 aromatic carbocycles. The molecule has 1 amide bonds. The highest BCUT2D eigenvalue weighted by molar-refractivity contribution is 7.07. The Morgan fingerprint density at radius 1 is 1.27 bits per heavy atom. The van der Waals surface area contributed by atoms with Crippen LogP contribution < -0.4 is 20.1 Å². The molecule has 0 fully saturated rings. The number of benzene rings is 1. The number of aromatic nitrogens is 1. The van der Waals surface area contributed by atoms with Crippen molar-refractivity contribution >= 4 is 35.2 Å². The first kappa shape index (κ1) is 23.8. The zero-order valence-corrected chi connectivity index (χ0v) is 19.6. The lowest BCUT2D eigenvalue weighted by atomic mass is 9.91. The lowest BCUT2D eigenvalue weighted by molar-refractivity contribution is -0.122. The summed E-state index contributed by atoms with van der Waals surface area (Å²) in [5, 5.41) is 2.93. The minimum Gasteiger partial charge on any atom is -0.352 e. The second kappa shape index (κ2) is 10.0. The van der Waals surface area contributed by atoms with Crippen LogP contribution in [0.5, 0.6) is 0 Å². The van der Waals surface area contributed by atoms with Crippen LogP contribution in [-0.2, 0) is 16.1 Å². The largest absolute Gasteiger partial charge is 0.352 e. The van der Waals surface area contributed by atoms with Gasteiger partial charge in [0.2, 0.25) is 5.91 Å².